The van der Waals surface area contributed by atoms with Gasteiger partial charge in [-0.05, 0) is 49.8 Å². The fourth-order valence-corrected chi connectivity index (χ4v) is 3.16. The van der Waals surface area contributed by atoms with Gasteiger partial charge in [-0.1, -0.05) is 44.0 Å². The quantitative estimate of drug-likeness (QED) is 0.775. The van der Waals surface area contributed by atoms with E-state index in [1.165, 1.54) is 37.7 Å². The van der Waals surface area contributed by atoms with Crippen molar-refractivity contribution in [2.24, 2.45) is 0 Å². The average Bonchev–Trinajstić information content (AvgIpc) is 2.56. The van der Waals surface area contributed by atoms with Crippen molar-refractivity contribution < 1.29 is 0 Å². The predicted molar refractivity (Wildman–Crippen MR) is 74.5 cm³/mol. The van der Waals surface area contributed by atoms with E-state index in [9.17, 15) is 0 Å². The summed E-state index contributed by atoms with van der Waals surface area (Å²) in [7, 11) is 0. The average molecular weight is 231 g/mol. The second kappa shape index (κ2) is 6.20. The third-order valence-electron chi connectivity index (χ3n) is 4.05. The second-order valence-corrected chi connectivity index (χ2v) is 5.33. The summed E-state index contributed by atoms with van der Waals surface area (Å²) in [6.45, 7) is 5.57. The molecule has 0 aliphatic heterocycles. The van der Waals surface area contributed by atoms with Gasteiger partial charge in [0.15, 0.2) is 0 Å². The molecule has 0 spiro atoms. The Labute approximate surface area is 106 Å². The molecule has 1 saturated carbocycles. The maximum atomic E-state index is 3.64. The first-order valence-electron chi connectivity index (χ1n) is 7.10. The maximum absolute atomic E-state index is 3.64. The Morgan fingerprint density at radius 3 is 2.71 bits per heavy atom. The predicted octanol–water partition coefficient (Wildman–Crippen LogP) is 4.02. The molecule has 1 aromatic rings. The van der Waals surface area contributed by atoms with Crippen molar-refractivity contribution in [3.8, 4) is 0 Å². The van der Waals surface area contributed by atoms with Crippen LogP contribution in [0.15, 0.2) is 24.3 Å². The summed E-state index contributed by atoms with van der Waals surface area (Å²) >= 11 is 0. The molecule has 2 rings (SSSR count). The summed E-state index contributed by atoms with van der Waals surface area (Å²) in [6, 6.07) is 9.65. The van der Waals surface area contributed by atoms with Gasteiger partial charge in [0, 0.05) is 6.04 Å². The van der Waals surface area contributed by atoms with Crippen LogP contribution in [-0.4, -0.2) is 12.6 Å². The molecule has 1 nitrogen and oxygen atoms in total. The molecule has 1 heteroatoms. The minimum atomic E-state index is 0.729. The van der Waals surface area contributed by atoms with E-state index in [0.717, 1.165) is 18.5 Å². The van der Waals surface area contributed by atoms with Gasteiger partial charge in [0.1, 0.15) is 0 Å². The molecule has 0 aromatic heterocycles. The summed E-state index contributed by atoms with van der Waals surface area (Å²) in [5.74, 6) is 0.766. The highest BCUT2D eigenvalue weighted by molar-refractivity contribution is 5.29. The summed E-state index contributed by atoms with van der Waals surface area (Å²) < 4.78 is 0. The Balaban J connectivity index is 2.11. The van der Waals surface area contributed by atoms with E-state index in [-0.39, 0.29) is 0 Å². The number of benzene rings is 1. The van der Waals surface area contributed by atoms with Crippen LogP contribution in [0.25, 0.3) is 0 Å². The van der Waals surface area contributed by atoms with Gasteiger partial charge in [0.05, 0.1) is 0 Å². The van der Waals surface area contributed by atoms with Crippen molar-refractivity contribution in [2.45, 2.75) is 57.9 Å². The molecule has 2 unspecified atom stereocenters. The largest absolute Gasteiger partial charge is 0.314 e. The van der Waals surface area contributed by atoms with E-state index >= 15 is 0 Å². The van der Waals surface area contributed by atoms with Crippen molar-refractivity contribution in [3.05, 3.63) is 35.4 Å². The molecular formula is C16H25N. The molecule has 1 fully saturated rings. The Morgan fingerprint density at radius 1 is 1.18 bits per heavy atom. The van der Waals surface area contributed by atoms with Crippen LogP contribution in [0.4, 0.5) is 0 Å². The highest BCUT2D eigenvalue weighted by Crippen LogP contribution is 2.33. The third-order valence-corrected chi connectivity index (χ3v) is 4.05. The van der Waals surface area contributed by atoms with Crippen molar-refractivity contribution in [1.82, 2.24) is 5.32 Å². The summed E-state index contributed by atoms with van der Waals surface area (Å²) in [6.07, 6.45) is 6.82. The molecule has 2 atom stereocenters. The zero-order valence-electron chi connectivity index (χ0n) is 11.2. The smallest absolute Gasteiger partial charge is 0.00727 e. The van der Waals surface area contributed by atoms with Crippen molar-refractivity contribution >= 4 is 0 Å². The first kappa shape index (κ1) is 12.6. The molecule has 17 heavy (non-hydrogen) atoms. The normalized spacial score (nSPS) is 25.5. The van der Waals surface area contributed by atoms with Crippen LogP contribution in [0.1, 0.15) is 56.1 Å². The summed E-state index contributed by atoms with van der Waals surface area (Å²) in [5.41, 5.74) is 3.05. The highest BCUT2D eigenvalue weighted by Gasteiger charge is 2.21. The van der Waals surface area contributed by atoms with Crippen LogP contribution in [0.2, 0.25) is 0 Å². The number of nitrogens with one attached hydrogen (secondary N) is 1. The van der Waals surface area contributed by atoms with Crippen LogP contribution < -0.4 is 5.32 Å². The number of aryl methyl sites for hydroxylation is 1. The highest BCUT2D eigenvalue weighted by atomic mass is 14.9. The lowest BCUT2D eigenvalue weighted by Gasteiger charge is -2.22. The molecule has 0 bridgehead atoms. The summed E-state index contributed by atoms with van der Waals surface area (Å²) in [4.78, 5) is 0. The number of rotatable bonds is 3. The van der Waals surface area contributed by atoms with E-state index < -0.39 is 0 Å². The zero-order chi connectivity index (χ0) is 12.1. The monoisotopic (exact) mass is 231 g/mol. The Kier molecular flexibility index (Phi) is 4.61. The standard InChI is InChI=1S/C16H25N/c1-3-17-15-10-6-5-9-14(12-15)16-11-7-4-8-13(16)2/h4,7-8,11,14-15,17H,3,5-6,9-10,12H2,1-2H3. The fourth-order valence-electron chi connectivity index (χ4n) is 3.16. The third kappa shape index (κ3) is 3.32. The maximum Gasteiger partial charge on any atom is 0.00727 e. The van der Waals surface area contributed by atoms with Gasteiger partial charge in [0.25, 0.3) is 0 Å². The topological polar surface area (TPSA) is 12.0 Å². The van der Waals surface area contributed by atoms with Gasteiger partial charge >= 0.3 is 0 Å². The van der Waals surface area contributed by atoms with Crippen LogP contribution >= 0.6 is 0 Å². The molecule has 0 amide bonds. The molecule has 1 aliphatic rings. The Hall–Kier alpha value is -0.820. The van der Waals surface area contributed by atoms with Gasteiger partial charge in [-0.3, -0.25) is 0 Å². The SMILES string of the molecule is CCNC1CCCCC(c2ccccc2C)C1. The molecular weight excluding hydrogens is 206 g/mol. The van der Waals surface area contributed by atoms with Gasteiger partial charge in [-0.15, -0.1) is 0 Å². The van der Waals surface area contributed by atoms with Crippen LogP contribution in [0.3, 0.4) is 0 Å². The Morgan fingerprint density at radius 2 is 1.94 bits per heavy atom. The molecule has 0 radical (unpaired) electrons. The zero-order valence-corrected chi connectivity index (χ0v) is 11.2. The van der Waals surface area contributed by atoms with Crippen LogP contribution in [0, 0.1) is 6.92 Å². The van der Waals surface area contributed by atoms with Gasteiger partial charge in [-0.2, -0.15) is 0 Å². The summed E-state index contributed by atoms with van der Waals surface area (Å²) in [5, 5.41) is 3.64. The minimum Gasteiger partial charge on any atom is -0.314 e. The number of hydrogen-bond donors (Lipinski definition) is 1. The van der Waals surface area contributed by atoms with Crippen LogP contribution in [-0.2, 0) is 0 Å². The first-order valence-corrected chi connectivity index (χ1v) is 7.10. The van der Waals surface area contributed by atoms with E-state index in [0.29, 0.717) is 0 Å². The molecule has 0 heterocycles. The lowest BCUT2D eigenvalue weighted by atomic mass is 9.87. The van der Waals surface area contributed by atoms with Crippen LogP contribution in [0.5, 0.6) is 0 Å². The molecule has 1 aliphatic carbocycles. The van der Waals surface area contributed by atoms with Gasteiger partial charge < -0.3 is 5.32 Å². The van der Waals surface area contributed by atoms with E-state index in [1.54, 1.807) is 5.56 Å². The van der Waals surface area contributed by atoms with Crippen molar-refractivity contribution in [1.29, 1.82) is 0 Å². The van der Waals surface area contributed by atoms with E-state index in [2.05, 4.69) is 43.4 Å². The number of hydrogen-bond acceptors (Lipinski definition) is 1. The second-order valence-electron chi connectivity index (χ2n) is 5.33. The lowest BCUT2D eigenvalue weighted by Crippen LogP contribution is -2.29. The molecule has 94 valence electrons. The van der Waals surface area contributed by atoms with E-state index in [4.69, 9.17) is 0 Å². The fraction of sp³-hybridized carbons (Fsp3) is 0.625. The molecule has 1 N–H and O–H groups in total. The van der Waals surface area contributed by atoms with Crippen molar-refractivity contribution in [3.63, 3.8) is 0 Å². The minimum absolute atomic E-state index is 0.729. The Bertz CT molecular complexity index is 345. The molecule has 0 saturated heterocycles. The van der Waals surface area contributed by atoms with E-state index in [1.807, 2.05) is 0 Å². The van der Waals surface area contributed by atoms with Gasteiger partial charge in [-0.25, -0.2) is 0 Å². The molecule has 1 aromatic carbocycles. The first-order chi connectivity index (χ1) is 8.31. The van der Waals surface area contributed by atoms with Gasteiger partial charge in [0.2, 0.25) is 0 Å². The lowest BCUT2D eigenvalue weighted by molar-refractivity contribution is 0.449. The van der Waals surface area contributed by atoms with Crippen molar-refractivity contribution in [2.75, 3.05) is 6.54 Å².